The van der Waals surface area contributed by atoms with Gasteiger partial charge in [0.05, 0.1) is 0 Å². The molecule has 0 unspecified atom stereocenters. The van der Waals surface area contributed by atoms with Crippen molar-refractivity contribution >= 4 is 15.9 Å². The van der Waals surface area contributed by atoms with Gasteiger partial charge in [-0.1, -0.05) is 6.92 Å². The highest BCUT2D eigenvalue weighted by Crippen LogP contribution is 2.24. The van der Waals surface area contributed by atoms with Gasteiger partial charge in [0.2, 0.25) is 15.9 Å². The van der Waals surface area contributed by atoms with Gasteiger partial charge in [-0.15, -0.1) is 0 Å². The smallest absolute Gasteiger partial charge is 0.244 e. The van der Waals surface area contributed by atoms with Gasteiger partial charge >= 0.3 is 0 Å². The summed E-state index contributed by atoms with van der Waals surface area (Å²) in [6.07, 6.45) is 7.23. The van der Waals surface area contributed by atoms with Gasteiger partial charge < -0.3 is 10.2 Å². The van der Waals surface area contributed by atoms with Gasteiger partial charge in [-0.3, -0.25) is 9.78 Å². The van der Waals surface area contributed by atoms with Crippen LogP contribution >= 0.6 is 0 Å². The van der Waals surface area contributed by atoms with E-state index in [9.17, 15) is 13.2 Å². The maximum absolute atomic E-state index is 12.6. The number of carbonyl (C=O) groups excluding carboxylic acids is 1. The Morgan fingerprint density at radius 3 is 2.48 bits per heavy atom. The second kappa shape index (κ2) is 9.12. The van der Waals surface area contributed by atoms with Crippen LogP contribution in [0.25, 0.3) is 0 Å². The molecule has 2 aliphatic rings. The molecule has 7 nitrogen and oxygen atoms in total. The molecular weight excluding hydrogens is 364 g/mol. The Bertz CT molecular complexity index is 710. The van der Waals surface area contributed by atoms with Crippen LogP contribution in [-0.2, 0) is 14.8 Å². The van der Waals surface area contributed by atoms with E-state index in [4.69, 9.17) is 0 Å². The lowest BCUT2D eigenvalue weighted by Gasteiger charge is -2.34. The number of hydrogen-bond donors (Lipinski definition) is 1. The van der Waals surface area contributed by atoms with E-state index in [1.165, 1.54) is 10.5 Å². The fourth-order valence-corrected chi connectivity index (χ4v) is 5.38. The third-order valence-electron chi connectivity index (χ3n) is 5.57. The number of rotatable bonds is 6. The molecule has 1 amide bonds. The Morgan fingerprint density at radius 2 is 1.89 bits per heavy atom. The summed E-state index contributed by atoms with van der Waals surface area (Å²) in [5.41, 5.74) is 0. The van der Waals surface area contributed by atoms with Crippen LogP contribution < -0.4 is 5.32 Å². The van der Waals surface area contributed by atoms with E-state index < -0.39 is 10.0 Å². The van der Waals surface area contributed by atoms with Crippen molar-refractivity contribution in [1.29, 1.82) is 0 Å². The van der Waals surface area contributed by atoms with E-state index in [1.54, 1.807) is 18.3 Å². The topological polar surface area (TPSA) is 82.6 Å². The van der Waals surface area contributed by atoms with E-state index in [2.05, 4.69) is 22.1 Å². The normalized spacial score (nSPS) is 21.2. The molecule has 2 saturated heterocycles. The van der Waals surface area contributed by atoms with Crippen molar-refractivity contribution in [3.05, 3.63) is 24.5 Å². The Hall–Kier alpha value is -1.51. The molecule has 0 radical (unpaired) electrons. The van der Waals surface area contributed by atoms with Crippen molar-refractivity contribution in [3.8, 4) is 0 Å². The third kappa shape index (κ3) is 5.06. The Kier molecular flexibility index (Phi) is 6.83. The summed E-state index contributed by atoms with van der Waals surface area (Å²) in [6, 6.07) is 3.44. The minimum absolute atomic E-state index is 0.0855. The molecular formula is C19H30N4O3S. The molecule has 0 aliphatic carbocycles. The molecule has 150 valence electrons. The van der Waals surface area contributed by atoms with Gasteiger partial charge in [0.1, 0.15) is 4.90 Å². The van der Waals surface area contributed by atoms with Gasteiger partial charge in [0, 0.05) is 50.5 Å². The lowest BCUT2D eigenvalue weighted by atomic mass is 9.96. The molecule has 2 aliphatic heterocycles. The first-order chi connectivity index (χ1) is 13.0. The zero-order valence-electron chi connectivity index (χ0n) is 16.0. The highest BCUT2D eigenvalue weighted by Gasteiger charge is 2.33. The molecule has 27 heavy (non-hydrogen) atoms. The number of pyridine rings is 1. The van der Waals surface area contributed by atoms with E-state index in [1.807, 2.05) is 0 Å². The van der Waals surface area contributed by atoms with Crippen molar-refractivity contribution in [2.45, 2.75) is 50.0 Å². The molecule has 1 aromatic heterocycles. The number of nitrogens with zero attached hydrogens (tertiary/aromatic N) is 3. The summed E-state index contributed by atoms with van der Waals surface area (Å²) in [7, 11) is -3.52. The van der Waals surface area contributed by atoms with Crippen molar-refractivity contribution in [3.63, 3.8) is 0 Å². The highest BCUT2D eigenvalue weighted by molar-refractivity contribution is 7.89. The van der Waals surface area contributed by atoms with Gasteiger partial charge in [-0.2, -0.15) is 4.31 Å². The number of piperidine rings is 2. The molecule has 0 atom stereocenters. The monoisotopic (exact) mass is 394 g/mol. The first kappa shape index (κ1) is 20.2. The van der Waals surface area contributed by atoms with Crippen molar-refractivity contribution < 1.29 is 13.2 Å². The first-order valence-corrected chi connectivity index (χ1v) is 11.4. The molecule has 3 heterocycles. The van der Waals surface area contributed by atoms with Crippen LogP contribution in [0.3, 0.4) is 0 Å². The van der Waals surface area contributed by atoms with E-state index in [-0.39, 0.29) is 22.8 Å². The minimum atomic E-state index is -3.52. The summed E-state index contributed by atoms with van der Waals surface area (Å²) >= 11 is 0. The SMILES string of the molecule is CCCN1CCC(NC(=O)C2CCN(S(=O)(=O)c3cccnc3)CC2)CC1. The molecule has 0 bridgehead atoms. The molecule has 1 N–H and O–H groups in total. The number of carbonyl (C=O) groups is 1. The van der Waals surface area contributed by atoms with Crippen LogP contribution in [0.4, 0.5) is 0 Å². The summed E-state index contributed by atoms with van der Waals surface area (Å²) < 4.78 is 26.8. The second-order valence-corrected chi connectivity index (χ2v) is 9.43. The maximum atomic E-state index is 12.6. The Labute approximate surface area is 162 Å². The standard InChI is InChI=1S/C19H30N4O3S/c1-2-10-22-11-7-17(8-12-22)21-19(24)16-5-13-23(14-6-16)27(25,26)18-4-3-9-20-15-18/h3-4,9,15-17H,2,5-8,10-14H2,1H3,(H,21,24). The van der Waals surface area contributed by atoms with E-state index >= 15 is 0 Å². The number of aromatic nitrogens is 1. The molecule has 0 aromatic carbocycles. The van der Waals surface area contributed by atoms with Crippen molar-refractivity contribution in [2.24, 2.45) is 5.92 Å². The predicted molar refractivity (Wildman–Crippen MR) is 104 cm³/mol. The zero-order valence-corrected chi connectivity index (χ0v) is 16.8. The number of likely N-dealkylation sites (tertiary alicyclic amines) is 1. The van der Waals surface area contributed by atoms with Crippen molar-refractivity contribution in [1.82, 2.24) is 19.5 Å². The number of nitrogens with one attached hydrogen (secondary N) is 1. The average Bonchev–Trinajstić information content (AvgIpc) is 2.70. The van der Waals surface area contributed by atoms with Crippen LogP contribution in [0.5, 0.6) is 0 Å². The van der Waals surface area contributed by atoms with Gasteiger partial charge in [-0.25, -0.2) is 8.42 Å². The highest BCUT2D eigenvalue weighted by atomic mass is 32.2. The van der Waals surface area contributed by atoms with Crippen LogP contribution in [0, 0.1) is 5.92 Å². The lowest BCUT2D eigenvalue weighted by molar-refractivity contribution is -0.127. The number of hydrogen-bond acceptors (Lipinski definition) is 5. The third-order valence-corrected chi connectivity index (χ3v) is 7.45. The minimum Gasteiger partial charge on any atom is -0.353 e. The fourth-order valence-electron chi connectivity index (χ4n) is 3.94. The largest absolute Gasteiger partial charge is 0.353 e. The Morgan fingerprint density at radius 1 is 1.19 bits per heavy atom. The summed E-state index contributed by atoms with van der Waals surface area (Å²) in [6.45, 7) is 6.16. The molecule has 3 rings (SSSR count). The zero-order chi connectivity index (χ0) is 19.3. The van der Waals surface area contributed by atoms with Crippen molar-refractivity contribution in [2.75, 3.05) is 32.7 Å². The number of sulfonamides is 1. The molecule has 0 spiro atoms. The molecule has 8 heteroatoms. The summed E-state index contributed by atoms with van der Waals surface area (Å²) in [4.78, 5) is 19.2. The fraction of sp³-hybridized carbons (Fsp3) is 0.684. The van der Waals surface area contributed by atoms with E-state index in [0.29, 0.717) is 25.9 Å². The lowest BCUT2D eigenvalue weighted by Crippen LogP contribution is -2.48. The van der Waals surface area contributed by atoms with Crippen LogP contribution in [0.2, 0.25) is 0 Å². The second-order valence-electron chi connectivity index (χ2n) is 7.49. The quantitative estimate of drug-likeness (QED) is 0.790. The summed E-state index contributed by atoms with van der Waals surface area (Å²) in [5.74, 6) is -0.0126. The van der Waals surface area contributed by atoms with Crippen LogP contribution in [0.1, 0.15) is 39.0 Å². The first-order valence-electron chi connectivity index (χ1n) is 9.93. The number of amides is 1. The van der Waals surface area contributed by atoms with Gasteiger partial charge in [-0.05, 0) is 50.8 Å². The van der Waals surface area contributed by atoms with E-state index in [0.717, 1.165) is 38.9 Å². The van der Waals surface area contributed by atoms with Crippen LogP contribution in [-0.4, -0.2) is 67.3 Å². The average molecular weight is 395 g/mol. The molecule has 1 aromatic rings. The predicted octanol–water partition coefficient (Wildman–Crippen LogP) is 1.47. The summed E-state index contributed by atoms with van der Waals surface area (Å²) in [5, 5.41) is 3.19. The molecule has 2 fully saturated rings. The van der Waals surface area contributed by atoms with Crippen LogP contribution in [0.15, 0.2) is 29.4 Å². The Balaban J connectivity index is 1.47. The van der Waals surface area contributed by atoms with Gasteiger partial charge in [0.25, 0.3) is 0 Å². The maximum Gasteiger partial charge on any atom is 0.244 e. The van der Waals surface area contributed by atoms with Gasteiger partial charge in [0.15, 0.2) is 0 Å². The molecule has 0 saturated carbocycles.